The molecule has 0 radical (unpaired) electrons. The first kappa shape index (κ1) is 15.9. The molecule has 1 aliphatic rings. The highest BCUT2D eigenvalue weighted by atomic mass is 19.3. The molecule has 114 valence electrons. The molecular weight excluding hydrogens is 284 g/mol. The third-order valence-corrected chi connectivity index (χ3v) is 3.63. The van der Waals surface area contributed by atoms with Gasteiger partial charge < -0.3 is 5.73 Å². The van der Waals surface area contributed by atoms with E-state index in [0.717, 1.165) is 11.1 Å². The second-order valence-electron chi connectivity index (χ2n) is 5.19. The van der Waals surface area contributed by atoms with Crippen molar-refractivity contribution in [3.8, 4) is 6.07 Å². The van der Waals surface area contributed by atoms with Crippen LogP contribution in [0.2, 0.25) is 0 Å². The quantitative estimate of drug-likeness (QED) is 0.864. The summed E-state index contributed by atoms with van der Waals surface area (Å²) in [6, 6.07) is 7.32. The minimum Gasteiger partial charge on any atom is -0.398 e. The van der Waals surface area contributed by atoms with Gasteiger partial charge in [0, 0.05) is 37.4 Å². The summed E-state index contributed by atoms with van der Waals surface area (Å²) >= 11 is 0. The van der Waals surface area contributed by atoms with Gasteiger partial charge in [0.1, 0.15) is 0 Å². The zero-order chi connectivity index (χ0) is 16.2. The number of hydrogen-bond donors (Lipinski definition) is 1. The number of aliphatic imine (C=N–C) groups is 1. The molecule has 0 unspecified atom stereocenters. The molecular formula is C17H17F2N3. The summed E-state index contributed by atoms with van der Waals surface area (Å²) in [5.74, 6) is -2.62. The molecule has 5 heteroatoms. The van der Waals surface area contributed by atoms with Crippen molar-refractivity contribution in [3.63, 3.8) is 0 Å². The zero-order valence-electron chi connectivity index (χ0n) is 12.3. The van der Waals surface area contributed by atoms with Crippen LogP contribution in [0.5, 0.6) is 0 Å². The molecule has 0 amide bonds. The molecule has 22 heavy (non-hydrogen) atoms. The van der Waals surface area contributed by atoms with Crippen LogP contribution >= 0.6 is 0 Å². The molecule has 0 aromatic heterocycles. The number of halogens is 2. The van der Waals surface area contributed by atoms with E-state index in [4.69, 9.17) is 5.73 Å². The number of rotatable bonds is 3. The van der Waals surface area contributed by atoms with Crippen LogP contribution in [0.4, 0.5) is 8.78 Å². The predicted molar refractivity (Wildman–Crippen MR) is 84.5 cm³/mol. The number of benzene rings is 1. The first-order valence-corrected chi connectivity index (χ1v) is 6.96. The molecule has 0 bridgehead atoms. The molecule has 0 spiro atoms. The van der Waals surface area contributed by atoms with E-state index in [1.165, 1.54) is 0 Å². The van der Waals surface area contributed by atoms with Gasteiger partial charge in [0.25, 0.3) is 5.92 Å². The highest BCUT2D eigenvalue weighted by Gasteiger charge is 2.31. The lowest BCUT2D eigenvalue weighted by Gasteiger charge is -2.22. The van der Waals surface area contributed by atoms with Crippen molar-refractivity contribution in [2.45, 2.75) is 25.2 Å². The fourth-order valence-electron chi connectivity index (χ4n) is 2.38. The van der Waals surface area contributed by atoms with Gasteiger partial charge >= 0.3 is 0 Å². The maximum atomic E-state index is 13.2. The maximum absolute atomic E-state index is 13.2. The van der Waals surface area contributed by atoms with Gasteiger partial charge in [0.2, 0.25) is 0 Å². The van der Waals surface area contributed by atoms with E-state index in [-0.39, 0.29) is 12.8 Å². The average Bonchev–Trinajstić information content (AvgIpc) is 2.52. The lowest BCUT2D eigenvalue weighted by atomic mass is 9.89. The van der Waals surface area contributed by atoms with Gasteiger partial charge in [-0.05, 0) is 35.8 Å². The number of nitriles is 1. The Morgan fingerprint density at radius 1 is 1.45 bits per heavy atom. The SMILES string of the molecule is CN=C/C=C(\N)c1cc(C2=CCC(F)(F)CC2)ccc1C#N. The van der Waals surface area contributed by atoms with Crippen LogP contribution in [0.25, 0.3) is 11.3 Å². The molecule has 0 heterocycles. The molecule has 0 fully saturated rings. The second kappa shape index (κ2) is 6.52. The smallest absolute Gasteiger partial charge is 0.251 e. The van der Waals surface area contributed by atoms with Gasteiger partial charge in [-0.15, -0.1) is 0 Å². The number of nitrogens with two attached hydrogens (primary N) is 1. The topological polar surface area (TPSA) is 62.2 Å². The Hall–Kier alpha value is -2.48. The van der Waals surface area contributed by atoms with Crippen LogP contribution in [0.3, 0.4) is 0 Å². The van der Waals surface area contributed by atoms with Gasteiger partial charge in [-0.1, -0.05) is 12.1 Å². The lowest BCUT2D eigenvalue weighted by Crippen LogP contribution is -2.18. The molecule has 2 rings (SSSR count). The highest BCUT2D eigenvalue weighted by molar-refractivity contribution is 5.85. The van der Waals surface area contributed by atoms with E-state index in [9.17, 15) is 14.0 Å². The van der Waals surface area contributed by atoms with Crippen LogP contribution in [0.15, 0.2) is 35.3 Å². The number of nitrogens with zero attached hydrogens (tertiary/aromatic N) is 2. The first-order chi connectivity index (χ1) is 10.5. The van der Waals surface area contributed by atoms with Crippen LogP contribution in [-0.4, -0.2) is 19.2 Å². The van der Waals surface area contributed by atoms with Crippen molar-refractivity contribution in [3.05, 3.63) is 47.0 Å². The molecule has 1 aromatic rings. The van der Waals surface area contributed by atoms with Crippen molar-refractivity contribution in [2.24, 2.45) is 10.7 Å². The minimum atomic E-state index is -2.62. The highest BCUT2D eigenvalue weighted by Crippen LogP contribution is 2.36. The van der Waals surface area contributed by atoms with Crippen molar-refractivity contribution in [2.75, 3.05) is 7.05 Å². The van der Waals surface area contributed by atoms with E-state index in [1.54, 1.807) is 43.6 Å². The molecule has 3 nitrogen and oxygen atoms in total. The fraction of sp³-hybridized carbons (Fsp3) is 0.294. The number of alkyl halides is 2. The monoisotopic (exact) mass is 301 g/mol. The molecule has 1 aliphatic carbocycles. The fourth-order valence-corrected chi connectivity index (χ4v) is 2.38. The zero-order valence-corrected chi connectivity index (χ0v) is 12.3. The summed E-state index contributed by atoms with van der Waals surface area (Å²) < 4.78 is 26.5. The van der Waals surface area contributed by atoms with Gasteiger partial charge in [0.15, 0.2) is 0 Å². The molecule has 2 N–H and O–H groups in total. The Kier molecular flexibility index (Phi) is 4.71. The van der Waals surface area contributed by atoms with E-state index in [2.05, 4.69) is 11.1 Å². The summed E-state index contributed by atoms with van der Waals surface area (Å²) in [5.41, 5.74) is 9.14. The summed E-state index contributed by atoms with van der Waals surface area (Å²) in [6.45, 7) is 0. The third-order valence-electron chi connectivity index (χ3n) is 3.63. The largest absolute Gasteiger partial charge is 0.398 e. The van der Waals surface area contributed by atoms with Crippen molar-refractivity contribution in [1.82, 2.24) is 0 Å². The van der Waals surface area contributed by atoms with E-state index in [1.807, 2.05) is 0 Å². The summed E-state index contributed by atoms with van der Waals surface area (Å²) in [5, 5.41) is 9.18. The molecule has 0 saturated heterocycles. The number of allylic oxidation sites excluding steroid dienone is 3. The van der Waals surface area contributed by atoms with Crippen LogP contribution in [-0.2, 0) is 0 Å². The third kappa shape index (κ3) is 3.59. The van der Waals surface area contributed by atoms with Crippen LogP contribution in [0, 0.1) is 11.3 Å². The lowest BCUT2D eigenvalue weighted by molar-refractivity contribution is -0.00602. The van der Waals surface area contributed by atoms with Gasteiger partial charge in [0.05, 0.1) is 11.6 Å². The maximum Gasteiger partial charge on any atom is 0.251 e. The Balaban J connectivity index is 2.40. The van der Waals surface area contributed by atoms with E-state index in [0.29, 0.717) is 23.2 Å². The van der Waals surface area contributed by atoms with Crippen molar-refractivity contribution in [1.29, 1.82) is 5.26 Å². The summed E-state index contributed by atoms with van der Waals surface area (Å²) in [4.78, 5) is 3.83. The van der Waals surface area contributed by atoms with Crippen LogP contribution < -0.4 is 5.73 Å². The van der Waals surface area contributed by atoms with Crippen molar-refractivity contribution >= 4 is 17.5 Å². The molecule has 1 aromatic carbocycles. The number of hydrogen-bond acceptors (Lipinski definition) is 3. The average molecular weight is 301 g/mol. The normalized spacial score (nSPS) is 18.1. The Bertz CT molecular complexity index is 694. The predicted octanol–water partition coefficient (Wildman–Crippen LogP) is 3.76. The van der Waals surface area contributed by atoms with Gasteiger partial charge in [-0.25, -0.2) is 8.78 Å². The van der Waals surface area contributed by atoms with Gasteiger partial charge in [-0.2, -0.15) is 5.26 Å². The van der Waals surface area contributed by atoms with E-state index < -0.39 is 5.92 Å². The van der Waals surface area contributed by atoms with E-state index >= 15 is 0 Å². The Morgan fingerprint density at radius 3 is 2.82 bits per heavy atom. The summed E-state index contributed by atoms with van der Waals surface area (Å²) in [7, 11) is 1.62. The van der Waals surface area contributed by atoms with Crippen molar-refractivity contribution < 1.29 is 8.78 Å². The first-order valence-electron chi connectivity index (χ1n) is 6.96. The molecule has 0 atom stereocenters. The molecule has 0 aliphatic heterocycles. The Labute approximate surface area is 128 Å². The minimum absolute atomic E-state index is 0.151. The second-order valence-corrected chi connectivity index (χ2v) is 5.19. The standard InChI is InChI=1S/C17H17F2N3/c1-22-9-6-16(21)15-10-13(2-3-14(15)11-20)12-4-7-17(18,19)8-5-12/h2-4,6,9-10H,5,7-8,21H2,1H3/b16-6-,22-9?. The Morgan fingerprint density at radius 2 is 2.23 bits per heavy atom. The summed E-state index contributed by atoms with van der Waals surface area (Å²) in [6.07, 6.45) is 4.65. The molecule has 0 saturated carbocycles. The van der Waals surface area contributed by atoms with Gasteiger partial charge in [-0.3, -0.25) is 4.99 Å². The van der Waals surface area contributed by atoms with Crippen LogP contribution in [0.1, 0.15) is 36.0 Å².